The van der Waals surface area contributed by atoms with Gasteiger partial charge in [-0.3, -0.25) is 0 Å². The van der Waals surface area contributed by atoms with Gasteiger partial charge < -0.3 is 10.2 Å². The minimum absolute atomic E-state index is 0.229. The van der Waals surface area contributed by atoms with E-state index in [1.807, 2.05) is 21.0 Å². The number of hydrogen-bond donors (Lipinski definition) is 1. The molecule has 0 bridgehead atoms. The van der Waals surface area contributed by atoms with E-state index in [1.54, 1.807) is 11.3 Å². The third-order valence-electron chi connectivity index (χ3n) is 2.83. The van der Waals surface area contributed by atoms with Crippen LogP contribution in [0, 0.1) is 6.92 Å². The molecule has 0 radical (unpaired) electrons. The van der Waals surface area contributed by atoms with Crippen LogP contribution in [0.25, 0.3) is 0 Å². The van der Waals surface area contributed by atoms with Crippen LogP contribution in [-0.4, -0.2) is 19.1 Å². The number of aryl methyl sites for hydroxylation is 1. The van der Waals surface area contributed by atoms with Gasteiger partial charge in [0.2, 0.25) is 0 Å². The van der Waals surface area contributed by atoms with Gasteiger partial charge in [0.1, 0.15) is 0 Å². The summed E-state index contributed by atoms with van der Waals surface area (Å²) in [7, 11) is 4.10. The largest absolute Gasteiger partial charge is 0.378 e. The monoisotopic (exact) mass is 261 g/mol. The van der Waals surface area contributed by atoms with Gasteiger partial charge >= 0.3 is 0 Å². The Kier molecular flexibility index (Phi) is 3.87. The molecule has 1 atom stereocenters. The molecule has 0 aliphatic carbocycles. The number of thiazole rings is 1. The van der Waals surface area contributed by atoms with Crippen molar-refractivity contribution in [1.82, 2.24) is 4.98 Å². The molecule has 0 fully saturated rings. The quantitative estimate of drug-likeness (QED) is 0.909. The fraction of sp³-hybridized carbons (Fsp3) is 0.357. The molecule has 1 unspecified atom stereocenters. The fourth-order valence-electron chi connectivity index (χ4n) is 1.78. The zero-order valence-corrected chi connectivity index (χ0v) is 12.1. The highest BCUT2D eigenvalue weighted by atomic mass is 32.1. The van der Waals surface area contributed by atoms with Crippen LogP contribution >= 0.6 is 11.3 Å². The molecule has 0 amide bonds. The lowest BCUT2D eigenvalue weighted by Gasteiger charge is -2.17. The maximum atomic E-state index is 4.51. The van der Waals surface area contributed by atoms with Crippen molar-refractivity contribution in [3.05, 3.63) is 40.3 Å². The first-order valence-corrected chi connectivity index (χ1v) is 6.90. The van der Waals surface area contributed by atoms with E-state index in [4.69, 9.17) is 0 Å². The normalized spacial score (nSPS) is 12.2. The molecule has 3 nitrogen and oxygen atoms in total. The topological polar surface area (TPSA) is 28.2 Å². The Labute approximate surface area is 112 Å². The van der Waals surface area contributed by atoms with Crippen molar-refractivity contribution in [2.45, 2.75) is 19.9 Å². The molecule has 0 saturated heterocycles. The van der Waals surface area contributed by atoms with Gasteiger partial charge in [-0.15, -0.1) is 11.3 Å². The van der Waals surface area contributed by atoms with Crippen LogP contribution in [0.1, 0.15) is 23.7 Å². The Morgan fingerprint density at radius 2 is 2.11 bits per heavy atom. The van der Waals surface area contributed by atoms with Crippen molar-refractivity contribution in [2.24, 2.45) is 0 Å². The number of benzene rings is 1. The Balaban J connectivity index is 2.11. The summed E-state index contributed by atoms with van der Waals surface area (Å²) in [5.74, 6) is 0. The van der Waals surface area contributed by atoms with Gasteiger partial charge in [-0.05, 0) is 32.0 Å². The summed E-state index contributed by atoms with van der Waals surface area (Å²) in [6.07, 6.45) is 0. The van der Waals surface area contributed by atoms with E-state index in [0.717, 1.165) is 16.4 Å². The highest BCUT2D eigenvalue weighted by Crippen LogP contribution is 2.23. The molecule has 2 aromatic rings. The number of anilines is 2. The minimum Gasteiger partial charge on any atom is -0.378 e. The number of aromatic nitrogens is 1. The molecule has 96 valence electrons. The van der Waals surface area contributed by atoms with E-state index in [9.17, 15) is 0 Å². The summed E-state index contributed by atoms with van der Waals surface area (Å²) in [5.41, 5.74) is 3.42. The van der Waals surface area contributed by atoms with Gasteiger partial charge in [0.15, 0.2) is 0 Å². The summed E-state index contributed by atoms with van der Waals surface area (Å²) < 4.78 is 0. The SMILES string of the molecule is Cc1nc(C(C)Nc2cccc(N(C)C)c2)cs1. The van der Waals surface area contributed by atoms with E-state index in [0.29, 0.717) is 0 Å². The van der Waals surface area contributed by atoms with Crippen LogP contribution < -0.4 is 10.2 Å². The van der Waals surface area contributed by atoms with Crippen molar-refractivity contribution < 1.29 is 0 Å². The Hall–Kier alpha value is -1.55. The molecular weight excluding hydrogens is 242 g/mol. The average molecular weight is 261 g/mol. The lowest BCUT2D eigenvalue weighted by molar-refractivity contribution is 0.845. The molecular formula is C14H19N3S. The summed E-state index contributed by atoms with van der Waals surface area (Å²) in [6, 6.07) is 8.63. The number of nitrogens with zero attached hydrogens (tertiary/aromatic N) is 2. The number of nitrogens with one attached hydrogen (secondary N) is 1. The highest BCUT2D eigenvalue weighted by molar-refractivity contribution is 7.09. The lowest BCUT2D eigenvalue weighted by Crippen LogP contribution is -2.10. The molecule has 1 heterocycles. The van der Waals surface area contributed by atoms with Crippen LogP contribution in [0.3, 0.4) is 0 Å². The average Bonchev–Trinajstić information content (AvgIpc) is 2.76. The maximum Gasteiger partial charge on any atom is 0.0898 e. The van der Waals surface area contributed by atoms with Crippen LogP contribution in [0.5, 0.6) is 0 Å². The first kappa shape index (κ1) is 12.9. The molecule has 2 rings (SSSR count). The highest BCUT2D eigenvalue weighted by Gasteiger charge is 2.09. The second kappa shape index (κ2) is 5.40. The van der Waals surface area contributed by atoms with E-state index in [1.165, 1.54) is 5.69 Å². The first-order chi connectivity index (χ1) is 8.56. The Morgan fingerprint density at radius 3 is 2.72 bits per heavy atom. The third kappa shape index (κ3) is 3.01. The van der Waals surface area contributed by atoms with Gasteiger partial charge in [-0.25, -0.2) is 4.98 Å². The molecule has 1 aromatic carbocycles. The Bertz CT molecular complexity index is 519. The van der Waals surface area contributed by atoms with Crippen molar-refractivity contribution in [2.75, 3.05) is 24.3 Å². The smallest absolute Gasteiger partial charge is 0.0898 e. The predicted octanol–water partition coefficient (Wildman–Crippen LogP) is 3.69. The van der Waals surface area contributed by atoms with Gasteiger partial charge in [-0.2, -0.15) is 0 Å². The van der Waals surface area contributed by atoms with Gasteiger partial charge in [0.05, 0.1) is 16.7 Å². The zero-order chi connectivity index (χ0) is 13.1. The van der Waals surface area contributed by atoms with Crippen LogP contribution in [0.4, 0.5) is 11.4 Å². The van der Waals surface area contributed by atoms with E-state index in [-0.39, 0.29) is 6.04 Å². The first-order valence-electron chi connectivity index (χ1n) is 6.02. The van der Waals surface area contributed by atoms with E-state index < -0.39 is 0 Å². The van der Waals surface area contributed by atoms with Crippen molar-refractivity contribution in [3.63, 3.8) is 0 Å². The Morgan fingerprint density at radius 1 is 1.33 bits per heavy atom. The van der Waals surface area contributed by atoms with E-state index >= 15 is 0 Å². The van der Waals surface area contributed by atoms with Crippen molar-refractivity contribution in [3.8, 4) is 0 Å². The summed E-state index contributed by atoms with van der Waals surface area (Å²) in [6.45, 7) is 4.17. The summed E-state index contributed by atoms with van der Waals surface area (Å²) in [4.78, 5) is 6.61. The lowest BCUT2D eigenvalue weighted by atomic mass is 10.2. The molecule has 0 saturated carbocycles. The summed E-state index contributed by atoms with van der Waals surface area (Å²) in [5, 5.41) is 6.71. The second-order valence-electron chi connectivity index (χ2n) is 4.60. The van der Waals surface area contributed by atoms with Crippen LogP contribution in [0.15, 0.2) is 29.6 Å². The number of hydrogen-bond acceptors (Lipinski definition) is 4. The summed E-state index contributed by atoms with van der Waals surface area (Å²) >= 11 is 1.69. The molecule has 1 aromatic heterocycles. The standard InChI is InChI=1S/C14H19N3S/c1-10(14-9-18-11(2)16-14)15-12-6-5-7-13(8-12)17(3)4/h5-10,15H,1-4H3. The van der Waals surface area contributed by atoms with Crippen molar-refractivity contribution in [1.29, 1.82) is 0 Å². The molecule has 0 aliphatic heterocycles. The van der Waals surface area contributed by atoms with Crippen LogP contribution in [-0.2, 0) is 0 Å². The number of rotatable bonds is 4. The van der Waals surface area contributed by atoms with Crippen LogP contribution in [0.2, 0.25) is 0 Å². The van der Waals surface area contributed by atoms with Gasteiger partial charge in [-0.1, -0.05) is 6.07 Å². The molecule has 0 aliphatic rings. The zero-order valence-electron chi connectivity index (χ0n) is 11.3. The second-order valence-corrected chi connectivity index (χ2v) is 5.66. The van der Waals surface area contributed by atoms with E-state index in [2.05, 4.69) is 51.8 Å². The molecule has 18 heavy (non-hydrogen) atoms. The van der Waals surface area contributed by atoms with Gasteiger partial charge in [0, 0.05) is 30.9 Å². The minimum atomic E-state index is 0.229. The van der Waals surface area contributed by atoms with Gasteiger partial charge in [0.25, 0.3) is 0 Å². The third-order valence-corrected chi connectivity index (χ3v) is 3.62. The molecule has 0 spiro atoms. The van der Waals surface area contributed by atoms with Crippen molar-refractivity contribution >= 4 is 22.7 Å². The molecule has 4 heteroatoms. The predicted molar refractivity (Wildman–Crippen MR) is 79.7 cm³/mol. The maximum absolute atomic E-state index is 4.51. The molecule has 1 N–H and O–H groups in total. The fourth-order valence-corrected chi connectivity index (χ4v) is 2.48.